The van der Waals surface area contributed by atoms with E-state index in [0.717, 1.165) is 5.39 Å². The van der Waals surface area contributed by atoms with Gasteiger partial charge in [0.25, 0.3) is 0 Å². The van der Waals surface area contributed by atoms with Gasteiger partial charge >= 0.3 is 0 Å². The lowest BCUT2D eigenvalue weighted by atomic mass is 10.2. The van der Waals surface area contributed by atoms with Crippen LogP contribution in [0.2, 0.25) is 0 Å². The van der Waals surface area contributed by atoms with Gasteiger partial charge in [-0.15, -0.1) is 0 Å². The van der Waals surface area contributed by atoms with Crippen LogP contribution in [0.5, 0.6) is 0 Å². The molecule has 110 valence electrons. The molecule has 0 saturated carbocycles. The van der Waals surface area contributed by atoms with Crippen LogP contribution in [-0.2, 0) is 10.0 Å². The highest BCUT2D eigenvalue weighted by Crippen LogP contribution is 2.20. The van der Waals surface area contributed by atoms with E-state index < -0.39 is 10.0 Å². The van der Waals surface area contributed by atoms with Crippen molar-refractivity contribution in [2.45, 2.75) is 4.90 Å². The summed E-state index contributed by atoms with van der Waals surface area (Å²) in [7, 11) is 0.191. The van der Waals surface area contributed by atoms with Crippen molar-refractivity contribution in [3.05, 3.63) is 36.5 Å². The maximum absolute atomic E-state index is 12.3. The van der Waals surface area contributed by atoms with Gasteiger partial charge in [-0.25, -0.2) is 8.42 Å². The second kappa shape index (κ2) is 6.68. The third-order valence-corrected chi connectivity index (χ3v) is 4.19. The van der Waals surface area contributed by atoms with E-state index in [0.29, 0.717) is 12.1 Å². The number of rotatable bonds is 4. The monoisotopic (exact) mass is 303 g/mol. The van der Waals surface area contributed by atoms with E-state index >= 15 is 0 Å². The molecule has 0 amide bonds. The molecular weight excluding hydrogens is 286 g/mol. The Labute approximate surface area is 125 Å². The SMILES string of the molecule is CN(C)CC#CCNS(=O)(=O)c1cccc2cccnc12. The second-order valence-corrected chi connectivity index (χ2v) is 6.48. The van der Waals surface area contributed by atoms with E-state index in [1.54, 1.807) is 24.4 Å². The summed E-state index contributed by atoms with van der Waals surface area (Å²) in [6.45, 7) is 0.678. The summed E-state index contributed by atoms with van der Waals surface area (Å²) in [4.78, 5) is 6.24. The summed E-state index contributed by atoms with van der Waals surface area (Å²) in [5.74, 6) is 5.67. The summed E-state index contributed by atoms with van der Waals surface area (Å²) in [6, 6.07) is 8.69. The molecule has 2 rings (SSSR count). The summed E-state index contributed by atoms with van der Waals surface area (Å²) in [5.41, 5.74) is 0.466. The van der Waals surface area contributed by atoms with Crippen molar-refractivity contribution in [1.29, 1.82) is 0 Å². The van der Waals surface area contributed by atoms with Crippen LogP contribution < -0.4 is 4.72 Å². The molecule has 0 bridgehead atoms. The maximum Gasteiger partial charge on any atom is 0.243 e. The largest absolute Gasteiger partial charge is 0.299 e. The molecule has 1 heterocycles. The molecule has 1 N–H and O–H groups in total. The zero-order valence-electron chi connectivity index (χ0n) is 12.0. The lowest BCUT2D eigenvalue weighted by Gasteiger charge is -2.07. The molecule has 0 fully saturated rings. The first-order valence-electron chi connectivity index (χ1n) is 6.44. The van der Waals surface area contributed by atoms with E-state index in [9.17, 15) is 8.42 Å². The molecule has 2 aromatic rings. The van der Waals surface area contributed by atoms with Crippen LogP contribution in [0.15, 0.2) is 41.4 Å². The van der Waals surface area contributed by atoms with Crippen LogP contribution in [0.3, 0.4) is 0 Å². The molecule has 0 unspecified atom stereocenters. The van der Waals surface area contributed by atoms with Crippen molar-refractivity contribution < 1.29 is 8.42 Å². The highest BCUT2D eigenvalue weighted by molar-refractivity contribution is 7.89. The van der Waals surface area contributed by atoms with Crippen LogP contribution in [0.25, 0.3) is 10.9 Å². The highest BCUT2D eigenvalue weighted by Gasteiger charge is 2.16. The molecule has 0 aliphatic rings. The van der Waals surface area contributed by atoms with E-state index in [1.165, 1.54) is 0 Å². The van der Waals surface area contributed by atoms with Gasteiger partial charge in [-0.1, -0.05) is 30.0 Å². The lowest BCUT2D eigenvalue weighted by Crippen LogP contribution is -2.24. The van der Waals surface area contributed by atoms with Crippen LogP contribution in [0, 0.1) is 11.8 Å². The topological polar surface area (TPSA) is 62.3 Å². The number of benzene rings is 1. The number of sulfonamides is 1. The first-order valence-corrected chi connectivity index (χ1v) is 7.93. The molecule has 0 radical (unpaired) electrons. The summed E-state index contributed by atoms with van der Waals surface area (Å²) in [6.07, 6.45) is 1.58. The van der Waals surface area contributed by atoms with Crippen molar-refractivity contribution in [1.82, 2.24) is 14.6 Å². The fraction of sp³-hybridized carbons (Fsp3) is 0.267. The summed E-state index contributed by atoms with van der Waals surface area (Å²) >= 11 is 0. The normalized spacial score (nSPS) is 11.4. The Kier molecular flexibility index (Phi) is 4.91. The summed E-state index contributed by atoms with van der Waals surface area (Å²) in [5, 5.41) is 0.791. The zero-order valence-corrected chi connectivity index (χ0v) is 12.8. The fourth-order valence-electron chi connectivity index (χ4n) is 1.78. The van der Waals surface area contributed by atoms with Gasteiger partial charge in [-0.3, -0.25) is 9.88 Å². The average Bonchev–Trinajstić information content (AvgIpc) is 2.46. The quantitative estimate of drug-likeness (QED) is 0.859. The number of nitrogens with zero attached hydrogens (tertiary/aromatic N) is 2. The van der Waals surface area contributed by atoms with Crippen LogP contribution in [-0.4, -0.2) is 45.5 Å². The van der Waals surface area contributed by atoms with Crippen molar-refractivity contribution in [3.63, 3.8) is 0 Å². The minimum atomic E-state index is -3.62. The molecule has 0 spiro atoms. The number of pyridine rings is 1. The fourth-order valence-corrected chi connectivity index (χ4v) is 2.88. The van der Waals surface area contributed by atoms with E-state index in [1.807, 2.05) is 31.1 Å². The van der Waals surface area contributed by atoms with Crippen molar-refractivity contribution in [3.8, 4) is 11.8 Å². The first-order chi connectivity index (χ1) is 10.0. The van der Waals surface area contributed by atoms with E-state index in [4.69, 9.17) is 0 Å². The Balaban J connectivity index is 2.20. The van der Waals surface area contributed by atoms with Crippen LogP contribution >= 0.6 is 0 Å². The minimum absolute atomic E-state index is 0.0827. The molecule has 21 heavy (non-hydrogen) atoms. The van der Waals surface area contributed by atoms with Gasteiger partial charge in [0.15, 0.2) is 0 Å². The number of nitrogens with one attached hydrogen (secondary N) is 1. The molecule has 0 saturated heterocycles. The number of hydrogen-bond acceptors (Lipinski definition) is 4. The molecule has 5 nitrogen and oxygen atoms in total. The number of aromatic nitrogens is 1. The Morgan fingerprint density at radius 2 is 1.95 bits per heavy atom. The number of hydrogen-bond donors (Lipinski definition) is 1. The van der Waals surface area contributed by atoms with Gasteiger partial charge in [0, 0.05) is 11.6 Å². The predicted octanol–water partition coefficient (Wildman–Crippen LogP) is 1.08. The van der Waals surface area contributed by atoms with Gasteiger partial charge in [-0.05, 0) is 26.2 Å². The molecular formula is C15H17N3O2S. The Morgan fingerprint density at radius 1 is 1.19 bits per heavy atom. The van der Waals surface area contributed by atoms with Gasteiger partial charge in [0.2, 0.25) is 10.0 Å². The zero-order chi connectivity index (χ0) is 15.3. The number of fused-ring (bicyclic) bond motifs is 1. The molecule has 1 aromatic carbocycles. The van der Waals surface area contributed by atoms with Crippen molar-refractivity contribution in [2.24, 2.45) is 0 Å². The van der Waals surface area contributed by atoms with E-state index in [-0.39, 0.29) is 11.4 Å². The Morgan fingerprint density at radius 3 is 2.71 bits per heavy atom. The standard InChI is InChI=1S/C15H17N3O2S/c1-18(2)12-4-3-11-17-21(19,20)14-9-5-7-13-8-6-10-16-15(13)14/h5-10,17H,11-12H2,1-2H3. The maximum atomic E-state index is 12.3. The molecule has 0 atom stereocenters. The average molecular weight is 303 g/mol. The molecule has 6 heteroatoms. The van der Waals surface area contributed by atoms with Gasteiger partial charge in [-0.2, -0.15) is 4.72 Å². The molecule has 0 aliphatic heterocycles. The van der Waals surface area contributed by atoms with Gasteiger partial charge in [0.05, 0.1) is 18.6 Å². The minimum Gasteiger partial charge on any atom is -0.299 e. The smallest absolute Gasteiger partial charge is 0.243 e. The molecule has 0 aliphatic carbocycles. The van der Waals surface area contributed by atoms with Gasteiger partial charge in [0.1, 0.15) is 4.90 Å². The van der Waals surface area contributed by atoms with Gasteiger partial charge < -0.3 is 0 Å². The molecule has 1 aromatic heterocycles. The summed E-state index contributed by atoms with van der Waals surface area (Å²) < 4.78 is 27.1. The van der Waals surface area contributed by atoms with E-state index in [2.05, 4.69) is 21.5 Å². The predicted molar refractivity (Wildman–Crippen MR) is 83.3 cm³/mol. The van der Waals surface area contributed by atoms with Crippen molar-refractivity contribution in [2.75, 3.05) is 27.2 Å². The third kappa shape index (κ3) is 4.02. The first kappa shape index (κ1) is 15.4. The second-order valence-electron chi connectivity index (χ2n) is 4.75. The van der Waals surface area contributed by atoms with Crippen molar-refractivity contribution >= 4 is 20.9 Å². The lowest BCUT2D eigenvalue weighted by molar-refractivity contribution is 0.463. The Hall–Kier alpha value is -1.94. The highest BCUT2D eigenvalue weighted by atomic mass is 32.2. The Bertz CT molecular complexity index is 784. The third-order valence-electron chi connectivity index (χ3n) is 2.76. The number of para-hydroxylation sites is 1. The van der Waals surface area contributed by atoms with Crippen LogP contribution in [0.1, 0.15) is 0 Å². The van der Waals surface area contributed by atoms with Crippen LogP contribution in [0.4, 0.5) is 0 Å².